The molecule has 1 aromatic carbocycles. The third-order valence-electron chi connectivity index (χ3n) is 3.53. The molecule has 19 heavy (non-hydrogen) atoms. The Morgan fingerprint density at radius 1 is 1.16 bits per heavy atom. The average Bonchev–Trinajstić information content (AvgIpc) is 2.50. The van der Waals surface area contributed by atoms with E-state index >= 15 is 0 Å². The molecule has 1 atom stereocenters. The van der Waals surface area contributed by atoms with E-state index in [-0.39, 0.29) is 0 Å². The Morgan fingerprint density at radius 2 is 2.05 bits per heavy atom. The molecule has 1 saturated heterocycles. The van der Waals surface area contributed by atoms with E-state index < -0.39 is 0 Å². The van der Waals surface area contributed by atoms with Crippen molar-refractivity contribution in [3.8, 4) is 0 Å². The van der Waals surface area contributed by atoms with Crippen LogP contribution in [-0.2, 0) is 6.54 Å². The van der Waals surface area contributed by atoms with Crippen molar-refractivity contribution in [3.05, 3.63) is 66.0 Å². The summed E-state index contributed by atoms with van der Waals surface area (Å²) in [6.07, 6.45) is 3.81. The largest absolute Gasteiger partial charge is 0.290 e. The minimum atomic E-state index is 0.528. The predicted octanol–water partition coefficient (Wildman–Crippen LogP) is 3.37. The lowest BCUT2D eigenvalue weighted by molar-refractivity contribution is 0.212. The molecule has 1 aliphatic rings. The van der Waals surface area contributed by atoms with Gasteiger partial charge >= 0.3 is 0 Å². The molecule has 2 nitrogen and oxygen atoms in total. The van der Waals surface area contributed by atoms with Crippen LogP contribution >= 0.6 is 11.8 Å². The summed E-state index contributed by atoms with van der Waals surface area (Å²) in [5, 5.41) is 0. The lowest BCUT2D eigenvalue weighted by Gasteiger charge is -2.35. The van der Waals surface area contributed by atoms with Gasteiger partial charge in [0, 0.05) is 43.0 Å². The molecule has 2 heterocycles. The van der Waals surface area contributed by atoms with Gasteiger partial charge in [0.2, 0.25) is 0 Å². The van der Waals surface area contributed by atoms with Gasteiger partial charge in [0.15, 0.2) is 0 Å². The zero-order chi connectivity index (χ0) is 12.9. The number of rotatable bonds is 3. The zero-order valence-electron chi connectivity index (χ0n) is 10.9. The van der Waals surface area contributed by atoms with Gasteiger partial charge in [0.1, 0.15) is 0 Å². The number of hydrogen-bond acceptors (Lipinski definition) is 3. The second kappa shape index (κ2) is 6.22. The Morgan fingerprint density at radius 3 is 2.84 bits per heavy atom. The van der Waals surface area contributed by atoms with Crippen molar-refractivity contribution in [1.82, 2.24) is 9.88 Å². The maximum absolute atomic E-state index is 4.22. The molecule has 0 N–H and O–H groups in total. The normalized spacial score (nSPS) is 20.3. The lowest BCUT2D eigenvalue weighted by atomic mass is 10.1. The molecular formula is C16H18N2S. The van der Waals surface area contributed by atoms with Crippen LogP contribution in [-0.4, -0.2) is 27.9 Å². The summed E-state index contributed by atoms with van der Waals surface area (Å²) >= 11 is 2.05. The molecule has 0 bridgehead atoms. The first-order valence-electron chi connectivity index (χ1n) is 6.69. The first kappa shape index (κ1) is 12.7. The second-order valence-electron chi connectivity index (χ2n) is 4.83. The smallest absolute Gasteiger partial charge is 0.0442 e. The van der Waals surface area contributed by atoms with Crippen molar-refractivity contribution >= 4 is 11.8 Å². The number of pyridine rings is 1. The summed E-state index contributed by atoms with van der Waals surface area (Å²) < 4.78 is 0. The minimum absolute atomic E-state index is 0.528. The molecule has 1 aliphatic heterocycles. The van der Waals surface area contributed by atoms with Gasteiger partial charge in [-0.25, -0.2) is 0 Å². The van der Waals surface area contributed by atoms with Crippen molar-refractivity contribution in [2.75, 3.05) is 18.1 Å². The van der Waals surface area contributed by atoms with Gasteiger partial charge in [-0.15, -0.1) is 0 Å². The van der Waals surface area contributed by atoms with E-state index in [4.69, 9.17) is 0 Å². The number of hydrogen-bond donors (Lipinski definition) is 0. The summed E-state index contributed by atoms with van der Waals surface area (Å²) in [6.45, 7) is 2.15. The van der Waals surface area contributed by atoms with Gasteiger partial charge < -0.3 is 0 Å². The van der Waals surface area contributed by atoms with Crippen LogP contribution in [0.25, 0.3) is 0 Å². The van der Waals surface area contributed by atoms with Gasteiger partial charge in [0.25, 0.3) is 0 Å². The topological polar surface area (TPSA) is 16.1 Å². The first-order valence-corrected chi connectivity index (χ1v) is 7.84. The van der Waals surface area contributed by atoms with E-state index in [1.54, 1.807) is 0 Å². The Balaban J connectivity index is 1.78. The standard InChI is InChI=1S/C16H18N2S/c1-2-6-15(7-3-1)16-13-19-10-9-18(16)12-14-5-4-8-17-11-14/h1-8,11,16H,9-10,12-13H2. The Hall–Kier alpha value is -1.32. The second-order valence-corrected chi connectivity index (χ2v) is 5.98. The van der Waals surface area contributed by atoms with Crippen LogP contribution in [0.5, 0.6) is 0 Å². The Bertz CT molecular complexity index is 501. The molecular weight excluding hydrogens is 252 g/mol. The number of nitrogens with zero attached hydrogens (tertiary/aromatic N) is 2. The van der Waals surface area contributed by atoms with Crippen LogP contribution < -0.4 is 0 Å². The third kappa shape index (κ3) is 3.17. The van der Waals surface area contributed by atoms with Crippen LogP contribution in [0, 0.1) is 0 Å². The van der Waals surface area contributed by atoms with Gasteiger partial charge in [-0.1, -0.05) is 36.4 Å². The van der Waals surface area contributed by atoms with Crippen LogP contribution in [0.15, 0.2) is 54.9 Å². The van der Waals surface area contributed by atoms with Crippen molar-refractivity contribution in [2.45, 2.75) is 12.6 Å². The molecule has 0 saturated carbocycles. The molecule has 1 aromatic heterocycles. The molecule has 2 aromatic rings. The quantitative estimate of drug-likeness (QED) is 0.850. The zero-order valence-corrected chi connectivity index (χ0v) is 11.7. The average molecular weight is 270 g/mol. The van der Waals surface area contributed by atoms with Crippen molar-refractivity contribution in [1.29, 1.82) is 0 Å². The SMILES string of the molecule is c1ccc(C2CSCCN2Cc2cccnc2)cc1. The van der Waals surface area contributed by atoms with Crippen LogP contribution in [0.1, 0.15) is 17.2 Å². The summed E-state index contributed by atoms with van der Waals surface area (Å²) in [7, 11) is 0. The van der Waals surface area contributed by atoms with E-state index in [0.717, 1.165) is 13.1 Å². The van der Waals surface area contributed by atoms with Gasteiger partial charge in [-0.3, -0.25) is 9.88 Å². The maximum Gasteiger partial charge on any atom is 0.0442 e. The van der Waals surface area contributed by atoms with E-state index in [9.17, 15) is 0 Å². The molecule has 0 amide bonds. The number of thioether (sulfide) groups is 1. The fourth-order valence-electron chi connectivity index (χ4n) is 2.54. The monoisotopic (exact) mass is 270 g/mol. The van der Waals surface area contributed by atoms with E-state index in [0.29, 0.717) is 6.04 Å². The summed E-state index contributed by atoms with van der Waals surface area (Å²) in [6, 6.07) is 15.6. The molecule has 0 aliphatic carbocycles. The highest BCUT2D eigenvalue weighted by Crippen LogP contribution is 2.30. The van der Waals surface area contributed by atoms with Crippen molar-refractivity contribution in [3.63, 3.8) is 0 Å². The number of aromatic nitrogens is 1. The van der Waals surface area contributed by atoms with Gasteiger partial charge in [-0.05, 0) is 17.2 Å². The Labute approximate surface area is 118 Å². The van der Waals surface area contributed by atoms with E-state index in [1.165, 1.54) is 22.6 Å². The summed E-state index contributed by atoms with van der Waals surface area (Å²) in [4.78, 5) is 6.79. The highest BCUT2D eigenvalue weighted by molar-refractivity contribution is 7.99. The molecule has 1 fully saturated rings. The van der Waals surface area contributed by atoms with Crippen molar-refractivity contribution in [2.24, 2.45) is 0 Å². The maximum atomic E-state index is 4.22. The molecule has 3 heteroatoms. The highest BCUT2D eigenvalue weighted by Gasteiger charge is 2.24. The summed E-state index contributed by atoms with van der Waals surface area (Å²) in [5.41, 5.74) is 2.73. The molecule has 0 radical (unpaired) electrons. The molecule has 3 rings (SSSR count). The summed E-state index contributed by atoms with van der Waals surface area (Å²) in [5.74, 6) is 2.41. The van der Waals surface area contributed by atoms with Crippen LogP contribution in [0.2, 0.25) is 0 Å². The van der Waals surface area contributed by atoms with Gasteiger partial charge in [0.05, 0.1) is 0 Å². The molecule has 98 valence electrons. The highest BCUT2D eigenvalue weighted by atomic mass is 32.2. The number of benzene rings is 1. The lowest BCUT2D eigenvalue weighted by Crippen LogP contribution is -2.35. The van der Waals surface area contributed by atoms with Crippen LogP contribution in [0.3, 0.4) is 0 Å². The van der Waals surface area contributed by atoms with E-state index in [1.807, 2.05) is 18.5 Å². The van der Waals surface area contributed by atoms with E-state index in [2.05, 4.69) is 58.0 Å². The third-order valence-corrected chi connectivity index (χ3v) is 4.55. The molecule has 1 unspecified atom stereocenters. The predicted molar refractivity (Wildman–Crippen MR) is 81.2 cm³/mol. The Kier molecular flexibility index (Phi) is 4.16. The minimum Gasteiger partial charge on any atom is -0.290 e. The first-order chi connectivity index (χ1) is 9.43. The fraction of sp³-hybridized carbons (Fsp3) is 0.312. The van der Waals surface area contributed by atoms with Gasteiger partial charge in [-0.2, -0.15) is 11.8 Å². The van der Waals surface area contributed by atoms with Crippen LogP contribution in [0.4, 0.5) is 0 Å². The fourth-order valence-corrected chi connectivity index (χ4v) is 3.69. The molecule has 0 spiro atoms. The van der Waals surface area contributed by atoms with Crippen molar-refractivity contribution < 1.29 is 0 Å².